The third-order valence-corrected chi connectivity index (χ3v) is 3.70. The molecule has 0 unspecified atom stereocenters. The van der Waals surface area contributed by atoms with E-state index in [1.165, 1.54) is 44.6 Å². The van der Waals surface area contributed by atoms with Gasteiger partial charge in [0.1, 0.15) is 0 Å². The van der Waals surface area contributed by atoms with E-state index in [1.54, 1.807) is 0 Å². The number of ether oxygens (including phenoxy) is 2. The number of anilines is 1. The van der Waals surface area contributed by atoms with Crippen molar-refractivity contribution in [1.82, 2.24) is 9.97 Å². The van der Waals surface area contributed by atoms with Gasteiger partial charge in [0.2, 0.25) is 29.4 Å². The maximum Gasteiger partial charge on any atom is 0.262 e. The van der Waals surface area contributed by atoms with E-state index in [0.29, 0.717) is 0 Å². The second-order valence-electron chi connectivity index (χ2n) is 4.48. The van der Waals surface area contributed by atoms with Crippen molar-refractivity contribution in [2.24, 2.45) is 0 Å². The second kappa shape index (κ2) is 7.21. The highest BCUT2D eigenvalue weighted by Crippen LogP contribution is 2.22. The summed E-state index contributed by atoms with van der Waals surface area (Å²) < 4.78 is 47.3. The fourth-order valence-electron chi connectivity index (χ4n) is 1.80. The monoisotopic (exact) mass is 355 g/mol. The lowest BCUT2D eigenvalue weighted by atomic mass is 10.1. The number of carbonyl (C=O) groups is 1. The smallest absolute Gasteiger partial charge is 0.262 e. The van der Waals surface area contributed by atoms with Gasteiger partial charge in [-0.05, 0) is 12.1 Å². The van der Waals surface area contributed by atoms with Gasteiger partial charge in [0, 0.05) is 0 Å². The molecular formula is C14H14FN3O5S. The van der Waals surface area contributed by atoms with E-state index < -0.39 is 21.8 Å². The highest BCUT2D eigenvalue weighted by atomic mass is 32.2. The van der Waals surface area contributed by atoms with Crippen LogP contribution in [0.2, 0.25) is 0 Å². The van der Waals surface area contributed by atoms with Crippen molar-refractivity contribution in [2.45, 2.75) is 0 Å². The number of hydrogen-bond donors (Lipinski definition) is 1. The Bertz CT molecular complexity index is 835. The molecule has 0 bridgehead atoms. The summed E-state index contributed by atoms with van der Waals surface area (Å²) in [6, 6.07) is 5.50. The lowest BCUT2D eigenvalue weighted by Gasteiger charge is -2.10. The Morgan fingerprint density at radius 1 is 1.17 bits per heavy atom. The average Bonchev–Trinajstić information content (AvgIpc) is 2.60. The molecule has 8 nitrogen and oxygen atoms in total. The maximum absolute atomic E-state index is 12.6. The first-order valence-electron chi connectivity index (χ1n) is 6.57. The first kappa shape index (κ1) is 17.6. The van der Waals surface area contributed by atoms with Crippen LogP contribution in [0, 0.1) is 0 Å². The summed E-state index contributed by atoms with van der Waals surface area (Å²) in [7, 11) is -1.47. The summed E-state index contributed by atoms with van der Waals surface area (Å²) in [6.45, 7) is 0. The van der Waals surface area contributed by atoms with Crippen LogP contribution in [0.1, 0.15) is 16.2 Å². The van der Waals surface area contributed by atoms with E-state index in [4.69, 9.17) is 9.47 Å². The molecule has 0 amide bonds. The first-order valence-corrected chi connectivity index (χ1v) is 8.22. The fourth-order valence-corrected chi connectivity index (χ4v) is 2.37. The van der Waals surface area contributed by atoms with Crippen LogP contribution in [0.4, 0.5) is 10.1 Å². The topological polar surface area (TPSA) is 107 Å². The molecule has 2 rings (SSSR count). The van der Waals surface area contributed by atoms with Crippen molar-refractivity contribution < 1.29 is 27.1 Å². The Labute approximate surface area is 137 Å². The largest absolute Gasteiger partial charge is 0.481 e. The summed E-state index contributed by atoms with van der Waals surface area (Å²) >= 11 is 0. The summed E-state index contributed by atoms with van der Waals surface area (Å²) in [4.78, 5) is 20.5. The van der Waals surface area contributed by atoms with Crippen LogP contribution < -0.4 is 14.2 Å². The second-order valence-corrected chi connectivity index (χ2v) is 6.13. The summed E-state index contributed by atoms with van der Waals surface area (Å²) in [5.41, 5.74) is -0.115. The minimum absolute atomic E-state index is 0.0372. The first-order chi connectivity index (χ1) is 11.4. The van der Waals surface area contributed by atoms with Gasteiger partial charge in [0.25, 0.3) is 10.0 Å². The van der Waals surface area contributed by atoms with Gasteiger partial charge in [0.05, 0.1) is 31.5 Å². The molecule has 10 heteroatoms. The zero-order valence-corrected chi connectivity index (χ0v) is 13.6. The number of carbonyl (C=O) groups excluding carboxylic acids is 1. The van der Waals surface area contributed by atoms with Crippen molar-refractivity contribution >= 4 is 21.5 Å². The van der Waals surface area contributed by atoms with Crippen molar-refractivity contribution in [1.29, 1.82) is 0 Å². The minimum Gasteiger partial charge on any atom is -0.481 e. The van der Waals surface area contributed by atoms with Crippen LogP contribution in [0.15, 0.2) is 30.3 Å². The number of nitrogens with one attached hydrogen (secondary N) is 1. The van der Waals surface area contributed by atoms with Crippen molar-refractivity contribution in [3.8, 4) is 11.8 Å². The van der Waals surface area contributed by atoms with Gasteiger partial charge in [-0.3, -0.25) is 9.52 Å². The molecule has 1 N–H and O–H groups in total. The predicted molar refractivity (Wildman–Crippen MR) is 83.5 cm³/mol. The zero-order valence-electron chi connectivity index (χ0n) is 12.8. The van der Waals surface area contributed by atoms with E-state index in [-0.39, 0.29) is 28.8 Å². The normalized spacial score (nSPS) is 11.0. The summed E-state index contributed by atoms with van der Waals surface area (Å²) in [6.07, 6.45) is 0. The molecule has 24 heavy (non-hydrogen) atoms. The number of aromatic nitrogens is 2. The molecule has 1 aromatic heterocycles. The van der Waals surface area contributed by atoms with E-state index in [1.807, 2.05) is 4.72 Å². The lowest BCUT2D eigenvalue weighted by Crippen LogP contribution is -2.17. The molecule has 1 aromatic carbocycles. The Morgan fingerprint density at radius 2 is 1.75 bits per heavy atom. The number of halogens is 1. The Balaban J connectivity index is 2.47. The molecule has 1 heterocycles. The summed E-state index contributed by atoms with van der Waals surface area (Å²) in [5.74, 6) is -0.721. The van der Waals surface area contributed by atoms with Crippen LogP contribution >= 0.6 is 0 Å². The number of nitrogens with zero attached hydrogens (tertiary/aromatic N) is 2. The highest BCUT2D eigenvalue weighted by Gasteiger charge is 2.21. The Kier molecular flexibility index (Phi) is 5.29. The van der Waals surface area contributed by atoms with Gasteiger partial charge in [-0.2, -0.15) is 9.97 Å². The molecule has 0 aliphatic carbocycles. The molecule has 0 aliphatic rings. The van der Waals surface area contributed by atoms with Gasteiger partial charge in [-0.15, -0.1) is 0 Å². The molecule has 0 atom stereocenters. The number of benzene rings is 1. The van der Waals surface area contributed by atoms with E-state index in [9.17, 15) is 17.6 Å². The van der Waals surface area contributed by atoms with E-state index in [2.05, 4.69) is 9.97 Å². The molecule has 0 radical (unpaired) electrons. The Morgan fingerprint density at radius 3 is 2.29 bits per heavy atom. The van der Waals surface area contributed by atoms with Crippen LogP contribution in [-0.2, 0) is 10.0 Å². The van der Waals surface area contributed by atoms with Crippen LogP contribution in [0.5, 0.6) is 11.8 Å². The maximum atomic E-state index is 12.6. The minimum atomic E-state index is -4.20. The standard InChI is InChI=1S/C14H14FN3O5S/c1-22-11-7-12(23-2)17-14(16-11)13(19)9-5-3-4-6-10(9)18-24(20,21)8-15/h3-7,18H,8H2,1-2H3. The molecule has 0 saturated carbocycles. The van der Waals surface area contributed by atoms with E-state index in [0.717, 1.165) is 0 Å². The average molecular weight is 355 g/mol. The molecule has 0 saturated heterocycles. The van der Waals surface area contributed by atoms with Gasteiger partial charge in [-0.1, -0.05) is 12.1 Å². The molecule has 0 spiro atoms. The zero-order chi connectivity index (χ0) is 17.7. The number of alkyl halides is 1. The van der Waals surface area contributed by atoms with Crippen LogP contribution in [0.3, 0.4) is 0 Å². The SMILES string of the molecule is COc1cc(OC)nc(C(=O)c2ccccc2NS(=O)(=O)CF)n1. The van der Waals surface area contributed by atoms with E-state index >= 15 is 0 Å². The number of hydrogen-bond acceptors (Lipinski definition) is 7. The van der Waals surface area contributed by atoms with Crippen LogP contribution in [-0.4, -0.2) is 44.4 Å². The fraction of sp³-hybridized carbons (Fsp3) is 0.214. The van der Waals surface area contributed by atoms with Crippen LogP contribution in [0.25, 0.3) is 0 Å². The van der Waals surface area contributed by atoms with Gasteiger partial charge in [0.15, 0.2) is 0 Å². The number of rotatable bonds is 7. The number of sulfonamides is 1. The highest BCUT2D eigenvalue weighted by molar-refractivity contribution is 7.92. The predicted octanol–water partition coefficient (Wildman–Crippen LogP) is 1.39. The van der Waals surface area contributed by atoms with Crippen molar-refractivity contribution in [3.05, 3.63) is 41.7 Å². The molecule has 0 fully saturated rings. The third-order valence-electron chi connectivity index (χ3n) is 2.88. The molecule has 128 valence electrons. The molecule has 2 aromatic rings. The number of methoxy groups -OCH3 is 2. The quantitative estimate of drug-likeness (QED) is 0.748. The van der Waals surface area contributed by atoms with Gasteiger partial charge < -0.3 is 9.47 Å². The third kappa shape index (κ3) is 3.96. The Hall–Kier alpha value is -2.75. The number of ketones is 1. The van der Waals surface area contributed by atoms with Gasteiger partial charge in [-0.25, -0.2) is 12.8 Å². The summed E-state index contributed by atoms with van der Waals surface area (Å²) in [5, 5.41) is 0. The number of para-hydroxylation sites is 1. The van der Waals surface area contributed by atoms with Crippen molar-refractivity contribution in [3.63, 3.8) is 0 Å². The molecule has 0 aliphatic heterocycles. The van der Waals surface area contributed by atoms with Gasteiger partial charge >= 0.3 is 0 Å². The van der Waals surface area contributed by atoms with Crippen molar-refractivity contribution in [2.75, 3.05) is 24.9 Å². The lowest BCUT2D eigenvalue weighted by molar-refractivity contribution is 0.102. The molecular weight excluding hydrogens is 341 g/mol.